The van der Waals surface area contributed by atoms with Gasteiger partial charge in [-0.2, -0.15) is 0 Å². The van der Waals surface area contributed by atoms with E-state index in [4.69, 9.17) is 5.73 Å². The highest BCUT2D eigenvalue weighted by molar-refractivity contribution is 5.98. The standard InChI is InChI=1S/C17H25N3O2/c1-3-6-12(2)17(22)19-13-9-10-20(11-13)15-8-5-4-7-14(15)16(18)21/h4-5,7-8,12-13H,3,6,9-11H2,1-2H3,(H2,18,21)(H,19,22). The van der Waals surface area contributed by atoms with E-state index >= 15 is 0 Å². The molecule has 1 saturated heterocycles. The van der Waals surface area contributed by atoms with Crippen LogP contribution in [0.25, 0.3) is 0 Å². The van der Waals surface area contributed by atoms with Gasteiger partial charge in [-0.1, -0.05) is 32.4 Å². The molecule has 120 valence electrons. The molecule has 1 heterocycles. The lowest BCUT2D eigenvalue weighted by Crippen LogP contribution is -2.40. The highest BCUT2D eigenvalue weighted by atomic mass is 16.2. The monoisotopic (exact) mass is 303 g/mol. The fourth-order valence-corrected chi connectivity index (χ4v) is 2.96. The van der Waals surface area contributed by atoms with Gasteiger partial charge in [-0.15, -0.1) is 0 Å². The number of carbonyl (C=O) groups is 2. The molecule has 1 fully saturated rings. The zero-order chi connectivity index (χ0) is 16.1. The van der Waals surface area contributed by atoms with Crippen molar-refractivity contribution < 1.29 is 9.59 Å². The van der Waals surface area contributed by atoms with Gasteiger partial charge in [-0.05, 0) is 25.0 Å². The van der Waals surface area contributed by atoms with Gasteiger partial charge >= 0.3 is 0 Å². The zero-order valence-corrected chi connectivity index (χ0v) is 13.3. The number of hydrogen-bond donors (Lipinski definition) is 2. The molecule has 1 aliphatic rings. The summed E-state index contributed by atoms with van der Waals surface area (Å²) in [6.07, 6.45) is 2.81. The van der Waals surface area contributed by atoms with Gasteiger partial charge in [0.25, 0.3) is 5.91 Å². The summed E-state index contributed by atoms with van der Waals surface area (Å²) >= 11 is 0. The van der Waals surface area contributed by atoms with Crippen molar-refractivity contribution in [1.82, 2.24) is 5.32 Å². The van der Waals surface area contributed by atoms with Gasteiger partial charge in [0.05, 0.1) is 5.56 Å². The Balaban J connectivity index is 1.99. The third kappa shape index (κ3) is 3.78. The topological polar surface area (TPSA) is 75.4 Å². The Morgan fingerprint density at radius 1 is 1.41 bits per heavy atom. The summed E-state index contributed by atoms with van der Waals surface area (Å²) in [4.78, 5) is 25.7. The van der Waals surface area contributed by atoms with Crippen LogP contribution in [0, 0.1) is 5.92 Å². The lowest BCUT2D eigenvalue weighted by molar-refractivity contribution is -0.125. The molecule has 2 atom stereocenters. The van der Waals surface area contributed by atoms with Gasteiger partial charge in [0, 0.05) is 30.7 Å². The molecule has 0 spiro atoms. The van der Waals surface area contributed by atoms with Crippen LogP contribution in [-0.2, 0) is 4.79 Å². The molecule has 0 radical (unpaired) electrons. The molecule has 1 aliphatic heterocycles. The Morgan fingerprint density at radius 3 is 2.82 bits per heavy atom. The van der Waals surface area contributed by atoms with Crippen molar-refractivity contribution in [1.29, 1.82) is 0 Å². The van der Waals surface area contributed by atoms with Crippen LogP contribution >= 0.6 is 0 Å². The summed E-state index contributed by atoms with van der Waals surface area (Å²) in [5.74, 6) is -0.242. The van der Waals surface area contributed by atoms with E-state index in [1.807, 2.05) is 25.1 Å². The van der Waals surface area contributed by atoms with Crippen LogP contribution in [0.4, 0.5) is 5.69 Å². The largest absolute Gasteiger partial charge is 0.369 e. The van der Waals surface area contributed by atoms with E-state index in [0.717, 1.165) is 38.0 Å². The van der Waals surface area contributed by atoms with Crippen molar-refractivity contribution in [3.8, 4) is 0 Å². The van der Waals surface area contributed by atoms with Crippen molar-refractivity contribution in [3.63, 3.8) is 0 Å². The molecule has 22 heavy (non-hydrogen) atoms. The zero-order valence-electron chi connectivity index (χ0n) is 13.3. The van der Waals surface area contributed by atoms with Crippen LogP contribution in [0.5, 0.6) is 0 Å². The summed E-state index contributed by atoms with van der Waals surface area (Å²) in [6, 6.07) is 7.49. The molecular formula is C17H25N3O2. The van der Waals surface area contributed by atoms with E-state index in [1.54, 1.807) is 6.07 Å². The number of nitrogens with two attached hydrogens (primary N) is 1. The second-order valence-corrected chi connectivity index (χ2v) is 6.01. The Bertz CT molecular complexity index is 544. The van der Waals surface area contributed by atoms with E-state index < -0.39 is 5.91 Å². The average Bonchev–Trinajstić information content (AvgIpc) is 2.95. The van der Waals surface area contributed by atoms with Gasteiger partial charge in [0.15, 0.2) is 0 Å². The maximum absolute atomic E-state index is 12.1. The van der Waals surface area contributed by atoms with Crippen LogP contribution in [0.3, 0.4) is 0 Å². The average molecular weight is 303 g/mol. The molecule has 0 saturated carbocycles. The Labute approximate surface area is 131 Å². The number of primary amides is 1. The quantitative estimate of drug-likeness (QED) is 0.843. The predicted molar refractivity (Wildman–Crippen MR) is 87.8 cm³/mol. The van der Waals surface area contributed by atoms with Crippen LogP contribution in [0.1, 0.15) is 43.5 Å². The Morgan fingerprint density at radius 2 is 2.14 bits per heavy atom. The molecule has 2 rings (SSSR count). The maximum atomic E-state index is 12.1. The lowest BCUT2D eigenvalue weighted by Gasteiger charge is -2.21. The number of anilines is 1. The van der Waals surface area contributed by atoms with Crippen molar-refractivity contribution in [2.45, 2.75) is 39.2 Å². The first-order valence-corrected chi connectivity index (χ1v) is 7.97. The number of para-hydroxylation sites is 1. The molecular weight excluding hydrogens is 278 g/mol. The molecule has 1 aromatic carbocycles. The van der Waals surface area contributed by atoms with E-state index in [1.165, 1.54) is 0 Å². The predicted octanol–water partition coefficient (Wildman–Crippen LogP) is 1.92. The van der Waals surface area contributed by atoms with Crippen LogP contribution in [-0.4, -0.2) is 30.9 Å². The first-order valence-electron chi connectivity index (χ1n) is 7.97. The minimum atomic E-state index is -0.417. The van der Waals surface area contributed by atoms with Gasteiger partial charge < -0.3 is 16.0 Å². The second kappa shape index (κ2) is 7.29. The Hall–Kier alpha value is -2.04. The van der Waals surface area contributed by atoms with Gasteiger partial charge in [0.2, 0.25) is 5.91 Å². The van der Waals surface area contributed by atoms with Crippen molar-refractivity contribution in [3.05, 3.63) is 29.8 Å². The van der Waals surface area contributed by atoms with E-state index in [2.05, 4.69) is 17.1 Å². The van der Waals surface area contributed by atoms with E-state index in [0.29, 0.717) is 5.56 Å². The smallest absolute Gasteiger partial charge is 0.250 e. The highest BCUT2D eigenvalue weighted by Gasteiger charge is 2.27. The Kier molecular flexibility index (Phi) is 5.41. The second-order valence-electron chi connectivity index (χ2n) is 6.01. The molecule has 2 unspecified atom stereocenters. The first-order chi connectivity index (χ1) is 10.5. The molecule has 1 aromatic rings. The normalized spacial score (nSPS) is 19.0. The van der Waals surface area contributed by atoms with E-state index in [-0.39, 0.29) is 17.9 Å². The van der Waals surface area contributed by atoms with Gasteiger partial charge in [-0.3, -0.25) is 9.59 Å². The van der Waals surface area contributed by atoms with Gasteiger partial charge in [-0.25, -0.2) is 0 Å². The van der Waals surface area contributed by atoms with Crippen molar-refractivity contribution >= 4 is 17.5 Å². The molecule has 0 bridgehead atoms. The van der Waals surface area contributed by atoms with Gasteiger partial charge in [0.1, 0.15) is 0 Å². The third-order valence-corrected chi connectivity index (χ3v) is 4.21. The SMILES string of the molecule is CCCC(C)C(=O)NC1CCN(c2ccccc2C(N)=O)C1. The first kappa shape index (κ1) is 16.3. The summed E-state index contributed by atoms with van der Waals surface area (Å²) in [5, 5.41) is 3.12. The number of nitrogens with one attached hydrogen (secondary N) is 1. The molecule has 3 N–H and O–H groups in total. The minimum absolute atomic E-state index is 0.0527. The number of nitrogens with zero attached hydrogens (tertiary/aromatic N) is 1. The highest BCUT2D eigenvalue weighted by Crippen LogP contribution is 2.24. The fraction of sp³-hybridized carbons (Fsp3) is 0.529. The minimum Gasteiger partial charge on any atom is -0.369 e. The molecule has 2 amide bonds. The number of amides is 2. The summed E-state index contributed by atoms with van der Waals surface area (Å²) < 4.78 is 0. The third-order valence-electron chi connectivity index (χ3n) is 4.21. The molecule has 5 nitrogen and oxygen atoms in total. The van der Waals surface area contributed by atoms with Crippen LogP contribution in [0.2, 0.25) is 0 Å². The molecule has 5 heteroatoms. The van der Waals surface area contributed by atoms with E-state index in [9.17, 15) is 9.59 Å². The lowest BCUT2D eigenvalue weighted by atomic mass is 10.0. The van der Waals surface area contributed by atoms with Crippen LogP contribution < -0.4 is 16.0 Å². The summed E-state index contributed by atoms with van der Waals surface area (Å²) in [7, 11) is 0. The number of hydrogen-bond acceptors (Lipinski definition) is 3. The summed E-state index contributed by atoms with van der Waals surface area (Å²) in [6.45, 7) is 5.59. The maximum Gasteiger partial charge on any atom is 0.250 e. The van der Waals surface area contributed by atoms with Crippen molar-refractivity contribution in [2.24, 2.45) is 11.7 Å². The van der Waals surface area contributed by atoms with Crippen LogP contribution in [0.15, 0.2) is 24.3 Å². The number of carbonyl (C=O) groups excluding carboxylic acids is 2. The molecule has 0 aliphatic carbocycles. The fourth-order valence-electron chi connectivity index (χ4n) is 2.96. The summed E-state index contributed by atoms with van der Waals surface area (Å²) in [5.41, 5.74) is 6.83. The number of rotatable bonds is 6. The molecule has 0 aromatic heterocycles. The number of benzene rings is 1. The van der Waals surface area contributed by atoms with Crippen molar-refractivity contribution in [2.75, 3.05) is 18.0 Å².